The predicted octanol–water partition coefficient (Wildman–Crippen LogP) is 4.62. The predicted molar refractivity (Wildman–Crippen MR) is 123 cm³/mol. The van der Waals surface area contributed by atoms with Gasteiger partial charge in [0.25, 0.3) is 0 Å². The lowest BCUT2D eigenvalue weighted by Gasteiger charge is -2.10. The van der Waals surface area contributed by atoms with Crippen molar-refractivity contribution in [3.63, 3.8) is 0 Å². The zero-order valence-electron chi connectivity index (χ0n) is 17.2. The van der Waals surface area contributed by atoms with Crippen LogP contribution in [0.2, 0.25) is 5.02 Å². The first-order chi connectivity index (χ1) is 14.9. The summed E-state index contributed by atoms with van der Waals surface area (Å²) in [7, 11) is 0. The van der Waals surface area contributed by atoms with E-state index in [0.717, 1.165) is 16.7 Å². The van der Waals surface area contributed by atoms with Crippen LogP contribution in [0.15, 0.2) is 71.8 Å². The van der Waals surface area contributed by atoms with Crippen LogP contribution >= 0.6 is 11.6 Å². The van der Waals surface area contributed by atoms with E-state index in [1.54, 1.807) is 24.3 Å². The third-order valence-corrected chi connectivity index (χ3v) is 4.83. The molecule has 0 saturated carbocycles. The average Bonchev–Trinajstić information content (AvgIpc) is 2.75. The minimum absolute atomic E-state index is 0.287. The highest BCUT2D eigenvalue weighted by Crippen LogP contribution is 2.21. The van der Waals surface area contributed by atoms with E-state index in [9.17, 15) is 9.59 Å². The number of nitrogens with one attached hydrogen (secondary N) is 2. The molecule has 3 rings (SSSR count). The van der Waals surface area contributed by atoms with Crippen molar-refractivity contribution in [3.8, 4) is 5.75 Å². The Labute approximate surface area is 185 Å². The number of carbonyl (C=O) groups excluding carboxylic acids is 2. The fraction of sp³-hybridized carbons (Fsp3) is 0.125. The zero-order chi connectivity index (χ0) is 22.2. The highest BCUT2D eigenvalue weighted by atomic mass is 35.5. The third-order valence-electron chi connectivity index (χ3n) is 4.47. The van der Waals surface area contributed by atoms with Crippen molar-refractivity contribution in [2.24, 2.45) is 5.10 Å². The number of nitrogens with zero attached hydrogens (tertiary/aromatic N) is 1. The number of ether oxygens (including phenoxy) is 1. The Morgan fingerprint density at radius 3 is 2.52 bits per heavy atom. The largest absolute Gasteiger partial charge is 0.488 e. The van der Waals surface area contributed by atoms with Crippen molar-refractivity contribution in [1.29, 1.82) is 0 Å². The summed E-state index contributed by atoms with van der Waals surface area (Å²) in [6.45, 7) is 4.10. The fourth-order valence-electron chi connectivity index (χ4n) is 2.83. The zero-order valence-corrected chi connectivity index (χ0v) is 17.9. The Balaban J connectivity index is 1.59. The number of benzene rings is 3. The van der Waals surface area contributed by atoms with E-state index in [4.69, 9.17) is 16.3 Å². The van der Waals surface area contributed by atoms with Crippen molar-refractivity contribution in [3.05, 3.63) is 94.0 Å². The van der Waals surface area contributed by atoms with E-state index >= 15 is 0 Å². The molecule has 0 saturated heterocycles. The van der Waals surface area contributed by atoms with Gasteiger partial charge in [0.15, 0.2) is 0 Å². The molecule has 0 unspecified atom stereocenters. The van der Waals surface area contributed by atoms with Gasteiger partial charge >= 0.3 is 11.8 Å². The van der Waals surface area contributed by atoms with Crippen LogP contribution in [0.4, 0.5) is 5.69 Å². The summed E-state index contributed by atoms with van der Waals surface area (Å²) in [4.78, 5) is 24.2. The van der Waals surface area contributed by atoms with Gasteiger partial charge < -0.3 is 10.1 Å². The van der Waals surface area contributed by atoms with E-state index in [1.165, 1.54) is 6.21 Å². The molecule has 0 bridgehead atoms. The maximum absolute atomic E-state index is 12.1. The Kier molecular flexibility index (Phi) is 7.40. The summed E-state index contributed by atoms with van der Waals surface area (Å²) in [6.07, 6.45) is 1.42. The van der Waals surface area contributed by atoms with Crippen LogP contribution < -0.4 is 15.5 Å². The normalized spacial score (nSPS) is 10.7. The minimum Gasteiger partial charge on any atom is -0.488 e. The first-order valence-corrected chi connectivity index (χ1v) is 9.98. The number of para-hydroxylation sites is 1. The van der Waals surface area contributed by atoms with Gasteiger partial charge in [-0.05, 0) is 43.7 Å². The van der Waals surface area contributed by atoms with Crippen LogP contribution in [0.25, 0.3) is 0 Å². The first-order valence-electron chi connectivity index (χ1n) is 9.61. The SMILES string of the molecule is Cc1ccc(NC(=O)C(=O)N/N=C/c2ccccc2OCc2ccccc2Cl)c(C)c1. The van der Waals surface area contributed by atoms with Gasteiger partial charge in [-0.1, -0.05) is 59.6 Å². The Morgan fingerprint density at radius 2 is 1.74 bits per heavy atom. The number of hydrogen-bond acceptors (Lipinski definition) is 4. The maximum atomic E-state index is 12.1. The summed E-state index contributed by atoms with van der Waals surface area (Å²) in [5.41, 5.74) is 6.25. The number of hydrazone groups is 1. The second-order valence-corrected chi connectivity index (χ2v) is 7.30. The lowest BCUT2D eigenvalue weighted by Crippen LogP contribution is -2.32. The molecule has 0 aliphatic carbocycles. The van der Waals surface area contributed by atoms with E-state index in [0.29, 0.717) is 22.0 Å². The smallest absolute Gasteiger partial charge is 0.329 e. The first kappa shape index (κ1) is 22.1. The number of anilines is 1. The molecular weight excluding hydrogens is 414 g/mol. The van der Waals surface area contributed by atoms with Crippen LogP contribution in [-0.4, -0.2) is 18.0 Å². The van der Waals surface area contributed by atoms with Gasteiger partial charge in [-0.15, -0.1) is 0 Å². The molecule has 0 heterocycles. The lowest BCUT2D eigenvalue weighted by atomic mass is 10.1. The number of amides is 2. The third kappa shape index (κ3) is 6.17. The monoisotopic (exact) mass is 435 g/mol. The summed E-state index contributed by atoms with van der Waals surface area (Å²) < 4.78 is 5.84. The molecule has 0 aliphatic heterocycles. The molecule has 2 amide bonds. The molecule has 0 aromatic heterocycles. The molecule has 2 N–H and O–H groups in total. The van der Waals surface area contributed by atoms with Crippen LogP contribution in [0.5, 0.6) is 5.75 Å². The molecule has 7 heteroatoms. The van der Waals surface area contributed by atoms with Crippen molar-refractivity contribution in [1.82, 2.24) is 5.43 Å². The maximum Gasteiger partial charge on any atom is 0.329 e. The number of aryl methyl sites for hydroxylation is 2. The molecule has 31 heavy (non-hydrogen) atoms. The summed E-state index contributed by atoms with van der Waals surface area (Å²) in [6, 6.07) is 20.2. The van der Waals surface area contributed by atoms with E-state index in [1.807, 2.05) is 56.3 Å². The molecule has 3 aromatic rings. The Hall–Kier alpha value is -3.64. The topological polar surface area (TPSA) is 79.8 Å². The summed E-state index contributed by atoms with van der Waals surface area (Å²) in [5, 5.41) is 7.08. The van der Waals surface area contributed by atoms with Gasteiger partial charge in [-0.3, -0.25) is 9.59 Å². The summed E-state index contributed by atoms with van der Waals surface area (Å²) in [5.74, 6) is -1.10. The van der Waals surface area contributed by atoms with E-state index < -0.39 is 11.8 Å². The molecule has 158 valence electrons. The molecule has 0 fully saturated rings. The van der Waals surface area contributed by atoms with Crippen molar-refractivity contribution >= 4 is 35.3 Å². The minimum atomic E-state index is -0.870. The number of rotatable bonds is 6. The number of hydrogen-bond donors (Lipinski definition) is 2. The Morgan fingerprint density at radius 1 is 1.00 bits per heavy atom. The average molecular weight is 436 g/mol. The quantitative estimate of drug-likeness (QED) is 0.336. The molecular formula is C24H22ClN3O3. The highest BCUT2D eigenvalue weighted by molar-refractivity contribution is 6.39. The number of carbonyl (C=O) groups is 2. The van der Waals surface area contributed by atoms with E-state index in [2.05, 4.69) is 15.8 Å². The van der Waals surface area contributed by atoms with Crippen LogP contribution in [-0.2, 0) is 16.2 Å². The molecule has 0 atom stereocenters. The number of halogens is 1. The fourth-order valence-corrected chi connectivity index (χ4v) is 3.02. The molecule has 6 nitrogen and oxygen atoms in total. The van der Waals surface area contributed by atoms with Gasteiger partial charge in [-0.2, -0.15) is 5.10 Å². The molecule has 3 aromatic carbocycles. The van der Waals surface area contributed by atoms with Gasteiger partial charge in [0, 0.05) is 21.8 Å². The van der Waals surface area contributed by atoms with E-state index in [-0.39, 0.29) is 6.61 Å². The lowest BCUT2D eigenvalue weighted by molar-refractivity contribution is -0.136. The van der Waals surface area contributed by atoms with Crippen LogP contribution in [0.1, 0.15) is 22.3 Å². The van der Waals surface area contributed by atoms with Gasteiger partial charge in [0.1, 0.15) is 12.4 Å². The van der Waals surface area contributed by atoms with Crippen molar-refractivity contribution < 1.29 is 14.3 Å². The summed E-state index contributed by atoms with van der Waals surface area (Å²) >= 11 is 6.16. The second-order valence-electron chi connectivity index (χ2n) is 6.89. The van der Waals surface area contributed by atoms with Crippen molar-refractivity contribution in [2.45, 2.75) is 20.5 Å². The van der Waals surface area contributed by atoms with Crippen LogP contribution in [0.3, 0.4) is 0 Å². The highest BCUT2D eigenvalue weighted by Gasteiger charge is 2.14. The van der Waals surface area contributed by atoms with Crippen molar-refractivity contribution in [2.75, 3.05) is 5.32 Å². The molecule has 0 radical (unpaired) electrons. The van der Waals surface area contributed by atoms with Crippen LogP contribution in [0, 0.1) is 13.8 Å². The second kappa shape index (κ2) is 10.4. The standard InChI is InChI=1S/C24H22ClN3O3/c1-16-11-12-21(17(2)13-16)27-23(29)24(30)28-26-14-18-7-4-6-10-22(18)31-15-19-8-3-5-9-20(19)25/h3-14H,15H2,1-2H3,(H,27,29)(H,28,30)/b26-14+. The van der Waals surface area contributed by atoms with Gasteiger partial charge in [0.2, 0.25) is 0 Å². The molecule has 0 aliphatic rings. The molecule has 0 spiro atoms. The Bertz CT molecular complexity index is 1130. The van der Waals surface area contributed by atoms with Gasteiger partial charge in [0.05, 0.1) is 6.21 Å². The van der Waals surface area contributed by atoms with Gasteiger partial charge in [-0.25, -0.2) is 5.43 Å².